The number of carbonyl (C=O) groups is 1. The van der Waals surface area contributed by atoms with E-state index in [0.717, 1.165) is 31.7 Å². The Morgan fingerprint density at radius 3 is 2.65 bits per heavy atom. The van der Waals surface area contributed by atoms with Crippen LogP contribution in [-0.2, 0) is 0 Å². The third kappa shape index (κ3) is 3.23. The average molecular weight is 354 g/mol. The van der Waals surface area contributed by atoms with Crippen molar-refractivity contribution >= 4 is 28.4 Å². The Morgan fingerprint density at radius 1 is 1.19 bits per heavy atom. The summed E-state index contributed by atoms with van der Waals surface area (Å²) in [7, 11) is 0. The number of H-pyrrole nitrogens is 1. The van der Waals surface area contributed by atoms with Gasteiger partial charge in [-0.3, -0.25) is 4.79 Å². The van der Waals surface area contributed by atoms with Gasteiger partial charge in [0.25, 0.3) is 5.91 Å². The van der Waals surface area contributed by atoms with E-state index in [1.165, 1.54) is 12.1 Å². The minimum Gasteiger partial charge on any atom is -0.350 e. The zero-order valence-electron chi connectivity index (χ0n) is 14.3. The van der Waals surface area contributed by atoms with Crippen molar-refractivity contribution in [2.75, 3.05) is 36.4 Å². The van der Waals surface area contributed by atoms with Crippen LogP contribution in [0.5, 0.6) is 0 Å². The van der Waals surface area contributed by atoms with Gasteiger partial charge in [0.1, 0.15) is 11.5 Å². The lowest BCUT2D eigenvalue weighted by Crippen LogP contribution is -2.44. The number of hydrogen-bond donors (Lipinski definition) is 3. The normalized spacial score (nSPS) is 14.6. The Hall–Kier alpha value is -3.00. The number of hydrogen-bond acceptors (Lipinski definition) is 5. The number of halogens is 1. The van der Waals surface area contributed by atoms with Crippen LogP contribution in [0.15, 0.2) is 30.6 Å². The van der Waals surface area contributed by atoms with Gasteiger partial charge in [-0.15, -0.1) is 0 Å². The molecule has 1 aliphatic heterocycles. The molecule has 0 bridgehead atoms. The highest BCUT2D eigenvalue weighted by atomic mass is 19.1. The maximum Gasteiger partial charge on any atom is 0.272 e. The second-order valence-electron chi connectivity index (χ2n) is 6.35. The predicted octanol–water partition coefficient (Wildman–Crippen LogP) is 2.07. The summed E-state index contributed by atoms with van der Waals surface area (Å²) in [5, 5.41) is 6.40. The SMILES string of the molecule is Cc1cc(F)c2cc(C(=O)Nc3cnc(N4CCNCC4)nc3)[nH]c2c1. The molecule has 0 spiro atoms. The van der Waals surface area contributed by atoms with E-state index in [-0.39, 0.29) is 17.4 Å². The van der Waals surface area contributed by atoms with Crippen LogP contribution in [0.25, 0.3) is 10.9 Å². The first kappa shape index (κ1) is 16.5. The van der Waals surface area contributed by atoms with Gasteiger partial charge in [0, 0.05) is 37.1 Å². The number of aromatic amines is 1. The topological polar surface area (TPSA) is 85.9 Å². The molecular weight excluding hydrogens is 335 g/mol. The van der Waals surface area contributed by atoms with Gasteiger partial charge in [0.2, 0.25) is 5.95 Å². The zero-order valence-corrected chi connectivity index (χ0v) is 14.3. The van der Waals surface area contributed by atoms with Gasteiger partial charge in [0.05, 0.1) is 18.1 Å². The summed E-state index contributed by atoms with van der Waals surface area (Å²) >= 11 is 0. The van der Waals surface area contributed by atoms with Gasteiger partial charge in [-0.1, -0.05) is 0 Å². The van der Waals surface area contributed by atoms with E-state index >= 15 is 0 Å². The van der Waals surface area contributed by atoms with Gasteiger partial charge >= 0.3 is 0 Å². The Labute approximate surface area is 149 Å². The number of carbonyl (C=O) groups excluding carboxylic acids is 1. The number of nitrogens with one attached hydrogen (secondary N) is 3. The molecule has 2 aromatic heterocycles. The lowest BCUT2D eigenvalue weighted by Gasteiger charge is -2.27. The Bertz CT molecular complexity index is 946. The van der Waals surface area contributed by atoms with Crippen molar-refractivity contribution < 1.29 is 9.18 Å². The molecule has 1 aromatic carbocycles. The number of aryl methyl sites for hydroxylation is 1. The first-order valence-electron chi connectivity index (χ1n) is 8.48. The number of fused-ring (bicyclic) bond motifs is 1. The van der Waals surface area contributed by atoms with E-state index in [1.54, 1.807) is 25.4 Å². The molecule has 1 saturated heterocycles. The fourth-order valence-electron chi connectivity index (χ4n) is 3.06. The van der Waals surface area contributed by atoms with E-state index in [9.17, 15) is 9.18 Å². The molecule has 8 heteroatoms. The third-order valence-electron chi connectivity index (χ3n) is 4.37. The molecule has 1 aliphatic rings. The molecule has 134 valence electrons. The van der Waals surface area contributed by atoms with Gasteiger partial charge in [0.15, 0.2) is 0 Å². The summed E-state index contributed by atoms with van der Waals surface area (Å²) in [6, 6.07) is 4.76. The van der Waals surface area contributed by atoms with Crippen LogP contribution in [0.3, 0.4) is 0 Å². The summed E-state index contributed by atoms with van der Waals surface area (Å²) in [6.45, 7) is 5.31. The number of piperazine rings is 1. The van der Waals surface area contributed by atoms with Crippen molar-refractivity contribution in [1.29, 1.82) is 0 Å². The molecule has 0 unspecified atom stereocenters. The first-order valence-corrected chi connectivity index (χ1v) is 8.48. The molecule has 0 atom stereocenters. The molecule has 0 aliphatic carbocycles. The number of amides is 1. The van der Waals surface area contributed by atoms with E-state index in [0.29, 0.717) is 22.5 Å². The van der Waals surface area contributed by atoms with Gasteiger partial charge in [-0.25, -0.2) is 14.4 Å². The molecule has 3 N–H and O–H groups in total. The van der Waals surface area contributed by atoms with Crippen molar-refractivity contribution in [2.45, 2.75) is 6.92 Å². The first-order chi connectivity index (χ1) is 12.6. The second kappa shape index (κ2) is 6.72. The maximum atomic E-state index is 14.0. The Morgan fingerprint density at radius 2 is 1.92 bits per heavy atom. The molecule has 1 fully saturated rings. The van der Waals surface area contributed by atoms with Crippen LogP contribution < -0.4 is 15.5 Å². The number of nitrogens with zero attached hydrogens (tertiary/aromatic N) is 3. The van der Waals surface area contributed by atoms with Crippen molar-refractivity contribution in [3.63, 3.8) is 0 Å². The maximum absolute atomic E-state index is 14.0. The van der Waals surface area contributed by atoms with E-state index in [2.05, 4.69) is 30.5 Å². The third-order valence-corrected chi connectivity index (χ3v) is 4.37. The molecule has 4 rings (SSSR count). The van der Waals surface area contributed by atoms with Crippen LogP contribution in [0.2, 0.25) is 0 Å². The average Bonchev–Trinajstić information content (AvgIpc) is 3.08. The number of aromatic nitrogens is 3. The molecule has 26 heavy (non-hydrogen) atoms. The summed E-state index contributed by atoms with van der Waals surface area (Å²) in [6.07, 6.45) is 3.16. The molecule has 0 radical (unpaired) electrons. The minimum atomic E-state index is -0.364. The van der Waals surface area contributed by atoms with Crippen LogP contribution in [0.4, 0.5) is 16.0 Å². The zero-order chi connectivity index (χ0) is 18.1. The van der Waals surface area contributed by atoms with E-state index in [1.807, 2.05) is 0 Å². The van der Waals surface area contributed by atoms with Crippen LogP contribution in [-0.4, -0.2) is 47.0 Å². The smallest absolute Gasteiger partial charge is 0.272 e. The van der Waals surface area contributed by atoms with Crippen LogP contribution in [0.1, 0.15) is 16.1 Å². The highest BCUT2D eigenvalue weighted by molar-refractivity contribution is 6.05. The molecule has 3 aromatic rings. The standard InChI is InChI=1S/C18H19FN6O/c1-11-6-14(19)13-8-16(24-15(13)7-11)17(26)23-12-9-21-18(22-10-12)25-4-2-20-3-5-25/h6-10,20,24H,2-5H2,1H3,(H,23,26). The Balaban J connectivity index is 1.50. The van der Waals surface area contributed by atoms with Crippen molar-refractivity contribution in [2.24, 2.45) is 0 Å². The Kier molecular flexibility index (Phi) is 4.26. The van der Waals surface area contributed by atoms with Crippen molar-refractivity contribution in [3.05, 3.63) is 47.7 Å². The molecule has 3 heterocycles. The van der Waals surface area contributed by atoms with Crippen LogP contribution >= 0.6 is 0 Å². The van der Waals surface area contributed by atoms with E-state index in [4.69, 9.17) is 0 Å². The lowest BCUT2D eigenvalue weighted by atomic mass is 10.2. The van der Waals surface area contributed by atoms with Gasteiger partial charge < -0.3 is 20.5 Å². The van der Waals surface area contributed by atoms with Crippen molar-refractivity contribution in [3.8, 4) is 0 Å². The number of anilines is 2. The second-order valence-corrected chi connectivity index (χ2v) is 6.35. The number of rotatable bonds is 3. The highest BCUT2D eigenvalue weighted by Gasteiger charge is 2.15. The quantitative estimate of drug-likeness (QED) is 0.670. The summed E-state index contributed by atoms with van der Waals surface area (Å²) in [5.74, 6) is -0.0663. The summed E-state index contributed by atoms with van der Waals surface area (Å²) in [4.78, 5) is 26.1. The summed E-state index contributed by atoms with van der Waals surface area (Å²) < 4.78 is 14.0. The molecule has 1 amide bonds. The predicted molar refractivity (Wildman–Crippen MR) is 98.1 cm³/mol. The highest BCUT2D eigenvalue weighted by Crippen LogP contribution is 2.21. The van der Waals surface area contributed by atoms with Crippen molar-refractivity contribution in [1.82, 2.24) is 20.3 Å². The van der Waals surface area contributed by atoms with Gasteiger partial charge in [-0.2, -0.15) is 0 Å². The van der Waals surface area contributed by atoms with E-state index < -0.39 is 0 Å². The number of benzene rings is 1. The monoisotopic (exact) mass is 354 g/mol. The minimum absolute atomic E-state index is 0.288. The summed E-state index contributed by atoms with van der Waals surface area (Å²) in [5.41, 5.74) is 2.17. The molecule has 0 saturated carbocycles. The molecule has 7 nitrogen and oxygen atoms in total. The van der Waals surface area contributed by atoms with Crippen LogP contribution in [0, 0.1) is 12.7 Å². The fourth-order valence-corrected chi connectivity index (χ4v) is 3.06. The van der Waals surface area contributed by atoms with Gasteiger partial charge in [-0.05, 0) is 30.7 Å². The molecular formula is C18H19FN6O. The fraction of sp³-hybridized carbons (Fsp3) is 0.278. The largest absolute Gasteiger partial charge is 0.350 e. The lowest BCUT2D eigenvalue weighted by molar-refractivity contribution is 0.102.